The van der Waals surface area contributed by atoms with Gasteiger partial charge in [0.1, 0.15) is 24.5 Å². The van der Waals surface area contributed by atoms with Crippen LogP contribution < -0.4 is 4.74 Å². The smallest absolute Gasteiger partial charge is 0.145 e. The fourth-order valence-corrected chi connectivity index (χ4v) is 2.27. The predicted molar refractivity (Wildman–Crippen MR) is 99.6 cm³/mol. The molecule has 24 heavy (non-hydrogen) atoms. The number of pyridine rings is 1. The Morgan fingerprint density at radius 3 is 2.38 bits per heavy atom. The quantitative estimate of drug-likeness (QED) is 0.323. The van der Waals surface area contributed by atoms with Gasteiger partial charge in [-0.3, -0.25) is 4.98 Å². The summed E-state index contributed by atoms with van der Waals surface area (Å²) in [6.45, 7) is 7.60. The lowest BCUT2D eigenvalue weighted by molar-refractivity contribution is -0.293. The summed E-state index contributed by atoms with van der Waals surface area (Å²) in [6, 6.07) is 7.35. The van der Waals surface area contributed by atoms with Gasteiger partial charge in [-0.2, -0.15) is 0 Å². The minimum absolute atomic E-state index is 0.366. The minimum atomic E-state index is 0.366. The highest BCUT2D eigenvalue weighted by Crippen LogP contribution is 2.29. The molecule has 0 fully saturated rings. The first-order valence-electron chi connectivity index (χ1n) is 8.64. The summed E-state index contributed by atoms with van der Waals surface area (Å²) >= 11 is 6.09. The number of rotatable bonds is 9. The van der Waals surface area contributed by atoms with Gasteiger partial charge in [0.2, 0.25) is 0 Å². The van der Waals surface area contributed by atoms with Crippen molar-refractivity contribution in [2.24, 2.45) is 0 Å². The van der Waals surface area contributed by atoms with Crippen molar-refractivity contribution >= 4 is 22.5 Å². The van der Waals surface area contributed by atoms with Crippen molar-refractivity contribution < 1.29 is 14.5 Å². The van der Waals surface area contributed by atoms with E-state index >= 15 is 0 Å². The van der Waals surface area contributed by atoms with Crippen molar-refractivity contribution in [3.63, 3.8) is 0 Å². The monoisotopic (exact) mass is 353 g/mol. The molecule has 0 amide bonds. The molecule has 1 heterocycles. The molecule has 2 rings (SSSR count). The molecule has 0 aliphatic rings. The van der Waals surface area contributed by atoms with Crippen LogP contribution in [0.2, 0.25) is 5.02 Å². The van der Waals surface area contributed by atoms with Crippen LogP contribution in [-0.4, -0.2) is 24.8 Å². The molecule has 0 saturated carbocycles. The summed E-state index contributed by atoms with van der Waals surface area (Å²) < 4.78 is 5.59. The van der Waals surface area contributed by atoms with E-state index in [1.165, 1.54) is 25.7 Å². The standard InChI is InChI=1S/C13H14ClNO3.C6H14/c1-2-17-18-9-8-16-12-6-5-11(14)10-4-3-7-15-13(10)12;1-3-5-6-4-2/h3-7H,2,8-9H2,1H3;3-6H2,1-2H3. The lowest BCUT2D eigenvalue weighted by Crippen LogP contribution is -2.07. The van der Waals surface area contributed by atoms with Crippen LogP contribution in [0.5, 0.6) is 5.75 Å². The molecular formula is C19H28ClNO3. The zero-order valence-electron chi connectivity index (χ0n) is 14.9. The van der Waals surface area contributed by atoms with E-state index in [0.29, 0.717) is 30.6 Å². The molecule has 1 aromatic carbocycles. The van der Waals surface area contributed by atoms with Gasteiger partial charge in [-0.15, -0.1) is 0 Å². The molecule has 0 N–H and O–H groups in total. The Morgan fingerprint density at radius 1 is 0.958 bits per heavy atom. The number of benzene rings is 1. The van der Waals surface area contributed by atoms with Crippen LogP contribution in [0.4, 0.5) is 0 Å². The van der Waals surface area contributed by atoms with Crippen LogP contribution in [0, 0.1) is 0 Å². The molecule has 0 aliphatic carbocycles. The summed E-state index contributed by atoms with van der Waals surface area (Å²) in [5, 5.41) is 1.54. The van der Waals surface area contributed by atoms with E-state index in [1.54, 1.807) is 18.3 Å². The number of unbranched alkanes of at least 4 members (excludes halogenated alkanes) is 3. The minimum Gasteiger partial charge on any atom is -0.489 e. The Morgan fingerprint density at radius 2 is 1.71 bits per heavy atom. The van der Waals surface area contributed by atoms with E-state index in [2.05, 4.69) is 18.8 Å². The SMILES string of the molecule is CCCCCC.CCOOCCOc1ccc(Cl)c2cccnc12. The van der Waals surface area contributed by atoms with Crippen LogP contribution in [0.3, 0.4) is 0 Å². The van der Waals surface area contributed by atoms with Gasteiger partial charge in [0.25, 0.3) is 0 Å². The highest BCUT2D eigenvalue weighted by Gasteiger charge is 2.06. The molecular weight excluding hydrogens is 326 g/mol. The molecule has 0 spiro atoms. The number of ether oxygens (including phenoxy) is 1. The van der Waals surface area contributed by atoms with E-state index in [-0.39, 0.29) is 0 Å². The predicted octanol–water partition coefficient (Wildman–Crippen LogP) is 5.82. The van der Waals surface area contributed by atoms with Gasteiger partial charge in [-0.05, 0) is 31.2 Å². The maximum atomic E-state index is 6.09. The molecule has 1 aromatic heterocycles. The molecule has 0 saturated heterocycles. The van der Waals surface area contributed by atoms with Crippen LogP contribution in [0.15, 0.2) is 30.5 Å². The Hall–Kier alpha value is -1.36. The van der Waals surface area contributed by atoms with Crippen molar-refractivity contribution in [3.05, 3.63) is 35.5 Å². The lowest BCUT2D eigenvalue weighted by atomic mass is 10.2. The largest absolute Gasteiger partial charge is 0.489 e. The molecule has 0 radical (unpaired) electrons. The first-order chi connectivity index (χ1) is 11.7. The van der Waals surface area contributed by atoms with Crippen LogP contribution >= 0.6 is 11.6 Å². The highest BCUT2D eigenvalue weighted by atomic mass is 35.5. The summed E-state index contributed by atoms with van der Waals surface area (Å²) in [7, 11) is 0. The zero-order valence-corrected chi connectivity index (χ0v) is 15.6. The third kappa shape index (κ3) is 7.47. The Bertz CT molecular complexity index is 574. The third-order valence-electron chi connectivity index (χ3n) is 3.26. The Labute approximate surface area is 150 Å². The van der Waals surface area contributed by atoms with Crippen molar-refractivity contribution in [1.82, 2.24) is 4.98 Å². The van der Waals surface area contributed by atoms with E-state index in [4.69, 9.17) is 26.1 Å². The van der Waals surface area contributed by atoms with E-state index < -0.39 is 0 Å². The topological polar surface area (TPSA) is 40.6 Å². The average Bonchev–Trinajstić information content (AvgIpc) is 2.62. The van der Waals surface area contributed by atoms with Crippen LogP contribution in [-0.2, 0) is 9.78 Å². The maximum absolute atomic E-state index is 6.09. The zero-order chi connectivity index (χ0) is 17.6. The fourth-order valence-electron chi connectivity index (χ4n) is 2.06. The van der Waals surface area contributed by atoms with E-state index in [0.717, 1.165) is 10.9 Å². The second-order valence-electron chi connectivity index (χ2n) is 5.23. The number of halogens is 1. The number of aromatic nitrogens is 1. The van der Waals surface area contributed by atoms with Crippen molar-refractivity contribution in [2.75, 3.05) is 19.8 Å². The molecule has 2 aromatic rings. The van der Waals surface area contributed by atoms with Gasteiger partial charge in [0, 0.05) is 11.6 Å². The van der Waals surface area contributed by atoms with Gasteiger partial charge in [0.15, 0.2) is 0 Å². The molecule has 5 heteroatoms. The van der Waals surface area contributed by atoms with E-state index in [9.17, 15) is 0 Å². The van der Waals surface area contributed by atoms with Gasteiger partial charge in [-0.25, -0.2) is 9.78 Å². The number of hydrogen-bond acceptors (Lipinski definition) is 4. The Kier molecular flexibility index (Phi) is 11.2. The van der Waals surface area contributed by atoms with E-state index in [1.807, 2.05) is 19.1 Å². The lowest BCUT2D eigenvalue weighted by Gasteiger charge is -2.09. The summed E-state index contributed by atoms with van der Waals surface area (Å²) in [6.07, 6.45) is 7.25. The molecule has 0 aliphatic heterocycles. The average molecular weight is 354 g/mol. The molecule has 0 unspecified atom stereocenters. The summed E-state index contributed by atoms with van der Waals surface area (Å²) in [5.74, 6) is 0.690. The second kappa shape index (κ2) is 13.0. The molecule has 0 bridgehead atoms. The summed E-state index contributed by atoms with van der Waals surface area (Å²) in [4.78, 5) is 13.9. The Balaban J connectivity index is 0.000000413. The second-order valence-corrected chi connectivity index (χ2v) is 5.64. The first kappa shape index (κ1) is 20.7. The molecule has 4 nitrogen and oxygen atoms in total. The fraction of sp³-hybridized carbons (Fsp3) is 0.526. The first-order valence-corrected chi connectivity index (χ1v) is 9.02. The normalized spacial score (nSPS) is 10.3. The highest BCUT2D eigenvalue weighted by molar-refractivity contribution is 6.35. The third-order valence-corrected chi connectivity index (χ3v) is 3.59. The van der Waals surface area contributed by atoms with Gasteiger partial charge >= 0.3 is 0 Å². The van der Waals surface area contributed by atoms with Crippen molar-refractivity contribution in [3.8, 4) is 5.75 Å². The van der Waals surface area contributed by atoms with Crippen molar-refractivity contribution in [1.29, 1.82) is 0 Å². The van der Waals surface area contributed by atoms with Gasteiger partial charge < -0.3 is 4.74 Å². The van der Waals surface area contributed by atoms with Gasteiger partial charge in [0.05, 0.1) is 11.6 Å². The molecule has 134 valence electrons. The van der Waals surface area contributed by atoms with Crippen molar-refractivity contribution in [2.45, 2.75) is 46.5 Å². The number of nitrogens with zero attached hydrogens (tertiary/aromatic N) is 1. The maximum Gasteiger partial charge on any atom is 0.145 e. The van der Waals surface area contributed by atoms with Gasteiger partial charge in [-0.1, -0.05) is 51.1 Å². The number of fused-ring (bicyclic) bond motifs is 1. The summed E-state index contributed by atoms with van der Waals surface area (Å²) in [5.41, 5.74) is 0.751. The van der Waals surface area contributed by atoms with Crippen LogP contribution in [0.25, 0.3) is 10.9 Å². The molecule has 0 atom stereocenters. The number of hydrogen-bond donors (Lipinski definition) is 0. The van der Waals surface area contributed by atoms with Crippen LogP contribution in [0.1, 0.15) is 46.5 Å².